The van der Waals surface area contributed by atoms with E-state index in [-0.39, 0.29) is 5.82 Å². The predicted molar refractivity (Wildman–Crippen MR) is 78.6 cm³/mol. The molecule has 2 heteroatoms. The van der Waals surface area contributed by atoms with Crippen LogP contribution < -0.4 is 5.32 Å². The quantitative estimate of drug-likeness (QED) is 0.812. The molecular formula is C17H26FN. The van der Waals surface area contributed by atoms with Crippen LogP contribution in [-0.4, -0.2) is 7.05 Å². The lowest BCUT2D eigenvalue weighted by Gasteiger charge is -2.34. The smallest absolute Gasteiger partial charge is 0.123 e. The molecule has 1 aliphatic rings. The van der Waals surface area contributed by atoms with Crippen LogP contribution in [0.25, 0.3) is 0 Å². The third-order valence-electron chi connectivity index (χ3n) is 4.58. The fourth-order valence-electron chi connectivity index (χ4n) is 3.59. The summed E-state index contributed by atoms with van der Waals surface area (Å²) in [7, 11) is 1.99. The van der Waals surface area contributed by atoms with Crippen LogP contribution >= 0.6 is 0 Å². The Labute approximate surface area is 116 Å². The van der Waals surface area contributed by atoms with E-state index >= 15 is 0 Å². The fraction of sp³-hybridized carbons (Fsp3) is 0.647. The van der Waals surface area contributed by atoms with Gasteiger partial charge in [0.15, 0.2) is 0 Å². The van der Waals surface area contributed by atoms with Crippen LogP contribution in [0.4, 0.5) is 4.39 Å². The molecule has 0 saturated heterocycles. The Morgan fingerprint density at radius 1 is 1.26 bits per heavy atom. The summed E-state index contributed by atoms with van der Waals surface area (Å²) >= 11 is 0. The molecule has 0 aliphatic heterocycles. The second-order valence-corrected chi connectivity index (χ2v) is 5.89. The molecule has 0 bridgehead atoms. The molecule has 1 atom stereocenters. The van der Waals surface area contributed by atoms with Gasteiger partial charge < -0.3 is 5.32 Å². The topological polar surface area (TPSA) is 12.0 Å². The van der Waals surface area contributed by atoms with E-state index in [1.165, 1.54) is 44.6 Å². The van der Waals surface area contributed by atoms with Gasteiger partial charge in [-0.05, 0) is 49.4 Å². The zero-order valence-electron chi connectivity index (χ0n) is 12.2. The highest BCUT2D eigenvalue weighted by Crippen LogP contribution is 2.38. The van der Waals surface area contributed by atoms with Crippen molar-refractivity contribution >= 4 is 0 Å². The minimum absolute atomic E-state index is 0.127. The van der Waals surface area contributed by atoms with Gasteiger partial charge in [0.2, 0.25) is 0 Å². The van der Waals surface area contributed by atoms with Gasteiger partial charge in [0, 0.05) is 6.04 Å². The van der Waals surface area contributed by atoms with Gasteiger partial charge in [-0.2, -0.15) is 0 Å². The first-order chi connectivity index (χ1) is 9.24. The van der Waals surface area contributed by atoms with Gasteiger partial charge in [0.25, 0.3) is 0 Å². The van der Waals surface area contributed by atoms with Gasteiger partial charge in [-0.15, -0.1) is 0 Å². The van der Waals surface area contributed by atoms with Crippen molar-refractivity contribution in [1.29, 1.82) is 0 Å². The van der Waals surface area contributed by atoms with Crippen LogP contribution in [0, 0.1) is 17.7 Å². The van der Waals surface area contributed by atoms with Crippen LogP contribution in [0.3, 0.4) is 0 Å². The van der Waals surface area contributed by atoms with Crippen molar-refractivity contribution in [2.75, 3.05) is 7.05 Å². The molecular weight excluding hydrogens is 237 g/mol. The van der Waals surface area contributed by atoms with Crippen molar-refractivity contribution in [3.05, 3.63) is 35.6 Å². The first-order valence-corrected chi connectivity index (χ1v) is 7.67. The standard InChI is InChI=1S/C17H26FN/c1-3-5-13-8-10-14(11-9-13)17(19-2)15-6-4-7-16(18)12-15/h4,6-7,12-14,17,19H,3,5,8-11H2,1-2H3. The van der Waals surface area contributed by atoms with Crippen LogP contribution in [-0.2, 0) is 0 Å². The highest BCUT2D eigenvalue weighted by Gasteiger charge is 2.27. The monoisotopic (exact) mass is 263 g/mol. The van der Waals surface area contributed by atoms with E-state index in [4.69, 9.17) is 0 Å². The third kappa shape index (κ3) is 3.79. The molecule has 1 fully saturated rings. The highest BCUT2D eigenvalue weighted by atomic mass is 19.1. The normalized spacial score (nSPS) is 25.2. The van der Waals surface area contributed by atoms with E-state index in [1.54, 1.807) is 6.07 Å². The van der Waals surface area contributed by atoms with Crippen molar-refractivity contribution in [2.24, 2.45) is 11.8 Å². The molecule has 0 radical (unpaired) electrons. The first-order valence-electron chi connectivity index (χ1n) is 7.67. The van der Waals surface area contributed by atoms with Gasteiger partial charge in [-0.3, -0.25) is 0 Å². The lowest BCUT2D eigenvalue weighted by Crippen LogP contribution is -2.28. The van der Waals surface area contributed by atoms with E-state index in [0.717, 1.165) is 11.5 Å². The Kier molecular flexibility index (Phi) is 5.38. The molecule has 0 amide bonds. The molecule has 1 aliphatic carbocycles. The molecule has 1 unspecified atom stereocenters. The zero-order valence-corrected chi connectivity index (χ0v) is 12.2. The number of nitrogens with one attached hydrogen (secondary N) is 1. The molecule has 1 N–H and O–H groups in total. The maximum absolute atomic E-state index is 13.4. The second-order valence-electron chi connectivity index (χ2n) is 5.89. The van der Waals surface area contributed by atoms with Crippen molar-refractivity contribution in [2.45, 2.75) is 51.5 Å². The summed E-state index contributed by atoms with van der Waals surface area (Å²) in [5.74, 6) is 1.45. The Morgan fingerprint density at radius 3 is 2.58 bits per heavy atom. The van der Waals surface area contributed by atoms with Crippen molar-refractivity contribution < 1.29 is 4.39 Å². The summed E-state index contributed by atoms with van der Waals surface area (Å²) in [5.41, 5.74) is 1.10. The Hall–Kier alpha value is -0.890. The highest BCUT2D eigenvalue weighted by molar-refractivity contribution is 5.21. The lowest BCUT2D eigenvalue weighted by molar-refractivity contribution is 0.219. The van der Waals surface area contributed by atoms with Gasteiger partial charge >= 0.3 is 0 Å². The maximum atomic E-state index is 13.4. The van der Waals surface area contributed by atoms with E-state index in [1.807, 2.05) is 19.2 Å². The Balaban J connectivity index is 1.99. The molecule has 0 heterocycles. The SMILES string of the molecule is CCCC1CCC(C(NC)c2cccc(F)c2)CC1. The first kappa shape index (κ1) is 14.5. The maximum Gasteiger partial charge on any atom is 0.123 e. The second kappa shape index (κ2) is 7.04. The van der Waals surface area contributed by atoms with Crippen LogP contribution in [0.1, 0.15) is 57.1 Å². The van der Waals surface area contributed by atoms with E-state index in [9.17, 15) is 4.39 Å². The van der Waals surface area contributed by atoms with Gasteiger partial charge in [-0.25, -0.2) is 4.39 Å². The van der Waals surface area contributed by atoms with Gasteiger partial charge in [-0.1, -0.05) is 44.7 Å². The Morgan fingerprint density at radius 2 is 2.00 bits per heavy atom. The summed E-state index contributed by atoms with van der Waals surface area (Å²) in [5, 5.41) is 3.40. The van der Waals surface area contributed by atoms with E-state index < -0.39 is 0 Å². The predicted octanol–water partition coefficient (Wildman–Crippen LogP) is 4.69. The molecule has 1 aromatic carbocycles. The Bertz CT molecular complexity index is 383. The molecule has 19 heavy (non-hydrogen) atoms. The zero-order chi connectivity index (χ0) is 13.7. The average molecular weight is 263 g/mol. The number of rotatable bonds is 5. The van der Waals surface area contributed by atoms with Crippen molar-refractivity contribution in [1.82, 2.24) is 5.32 Å². The van der Waals surface area contributed by atoms with Crippen LogP contribution in [0.15, 0.2) is 24.3 Å². The molecule has 0 aromatic heterocycles. The van der Waals surface area contributed by atoms with Crippen LogP contribution in [0.5, 0.6) is 0 Å². The number of hydrogen-bond donors (Lipinski definition) is 1. The van der Waals surface area contributed by atoms with Crippen molar-refractivity contribution in [3.63, 3.8) is 0 Å². The fourth-order valence-corrected chi connectivity index (χ4v) is 3.59. The minimum atomic E-state index is -0.127. The molecule has 1 aromatic rings. The molecule has 2 rings (SSSR count). The molecule has 1 nitrogen and oxygen atoms in total. The van der Waals surface area contributed by atoms with Crippen molar-refractivity contribution in [3.8, 4) is 0 Å². The van der Waals surface area contributed by atoms with E-state index in [2.05, 4.69) is 12.2 Å². The minimum Gasteiger partial charge on any atom is -0.313 e. The average Bonchev–Trinajstić information content (AvgIpc) is 2.42. The molecule has 1 saturated carbocycles. The van der Waals surface area contributed by atoms with Gasteiger partial charge in [0.05, 0.1) is 0 Å². The summed E-state index contributed by atoms with van der Waals surface area (Å²) in [6.45, 7) is 2.27. The summed E-state index contributed by atoms with van der Waals surface area (Å²) in [6.07, 6.45) is 7.89. The largest absolute Gasteiger partial charge is 0.313 e. The summed E-state index contributed by atoms with van der Waals surface area (Å²) in [6, 6.07) is 7.37. The van der Waals surface area contributed by atoms with E-state index in [0.29, 0.717) is 12.0 Å². The number of benzene rings is 1. The number of halogens is 1. The van der Waals surface area contributed by atoms with Crippen LogP contribution in [0.2, 0.25) is 0 Å². The summed E-state index contributed by atoms with van der Waals surface area (Å²) < 4.78 is 13.4. The molecule has 106 valence electrons. The third-order valence-corrected chi connectivity index (χ3v) is 4.58. The lowest BCUT2D eigenvalue weighted by atomic mass is 9.75. The number of hydrogen-bond acceptors (Lipinski definition) is 1. The molecule has 0 spiro atoms. The van der Waals surface area contributed by atoms with Gasteiger partial charge in [0.1, 0.15) is 5.82 Å². The summed E-state index contributed by atoms with van der Waals surface area (Å²) in [4.78, 5) is 0.